The van der Waals surface area contributed by atoms with E-state index < -0.39 is 41.3 Å². The maximum absolute atomic E-state index is 13.6. The fourth-order valence-corrected chi connectivity index (χ4v) is 2.46. The predicted octanol–water partition coefficient (Wildman–Crippen LogP) is 1.81. The maximum Gasteiger partial charge on any atom is 0.341 e. The molecule has 0 aliphatic carbocycles. The number of aliphatic hydroxyl groups excluding tert-OH is 1. The first-order valence-corrected chi connectivity index (χ1v) is 7.42. The standard InChI is InChI=1S/C17H14F2N2O4/c18-11-7-4-8-12(14(11)19)20-15(22)13-16(23)21(25-17(13)24)9-10-5-2-1-3-6-10/h1-8,13,16,23H,9H2,(H,20,22). The number of carbonyl (C=O) groups excluding carboxylic acids is 2. The van der Waals surface area contributed by atoms with Crippen LogP contribution in [0.15, 0.2) is 48.5 Å². The largest absolute Gasteiger partial charge is 0.374 e. The number of carbonyl (C=O) groups is 2. The minimum atomic E-state index is -1.58. The van der Waals surface area contributed by atoms with Crippen LogP contribution in [0.3, 0.4) is 0 Å². The summed E-state index contributed by atoms with van der Waals surface area (Å²) in [6, 6.07) is 12.1. The van der Waals surface area contributed by atoms with Crippen LogP contribution < -0.4 is 5.32 Å². The number of aliphatic hydroxyl groups is 1. The van der Waals surface area contributed by atoms with Crippen LogP contribution in [0.1, 0.15) is 5.56 Å². The molecule has 1 heterocycles. The van der Waals surface area contributed by atoms with Crippen LogP contribution in [0.5, 0.6) is 0 Å². The van der Waals surface area contributed by atoms with Crippen LogP contribution >= 0.6 is 0 Å². The third-order valence-electron chi connectivity index (χ3n) is 3.73. The van der Waals surface area contributed by atoms with Crippen LogP contribution in [0.25, 0.3) is 0 Å². The summed E-state index contributed by atoms with van der Waals surface area (Å²) in [5.74, 6) is -5.93. The Labute approximate surface area is 141 Å². The van der Waals surface area contributed by atoms with Crippen LogP contribution in [-0.2, 0) is 21.0 Å². The van der Waals surface area contributed by atoms with Gasteiger partial charge in [-0.1, -0.05) is 36.4 Å². The van der Waals surface area contributed by atoms with E-state index in [1.54, 1.807) is 30.3 Å². The summed E-state index contributed by atoms with van der Waals surface area (Å²) in [5.41, 5.74) is 0.332. The molecule has 8 heteroatoms. The molecule has 0 bridgehead atoms. The lowest BCUT2D eigenvalue weighted by Crippen LogP contribution is -2.38. The van der Waals surface area contributed by atoms with Crippen molar-refractivity contribution in [3.63, 3.8) is 0 Å². The van der Waals surface area contributed by atoms with Crippen molar-refractivity contribution in [3.05, 3.63) is 65.7 Å². The fourth-order valence-electron chi connectivity index (χ4n) is 2.46. The first-order valence-electron chi connectivity index (χ1n) is 7.42. The summed E-state index contributed by atoms with van der Waals surface area (Å²) >= 11 is 0. The number of hydrogen-bond acceptors (Lipinski definition) is 5. The molecule has 0 saturated carbocycles. The molecule has 25 heavy (non-hydrogen) atoms. The number of nitrogens with one attached hydrogen (secondary N) is 1. The summed E-state index contributed by atoms with van der Waals surface area (Å²) in [5, 5.41) is 13.3. The zero-order valence-corrected chi connectivity index (χ0v) is 12.9. The topological polar surface area (TPSA) is 78.9 Å². The number of nitrogens with zero attached hydrogens (tertiary/aromatic N) is 1. The van der Waals surface area contributed by atoms with Gasteiger partial charge >= 0.3 is 5.97 Å². The average Bonchev–Trinajstić information content (AvgIpc) is 2.86. The highest BCUT2D eigenvalue weighted by Gasteiger charge is 2.47. The van der Waals surface area contributed by atoms with E-state index in [4.69, 9.17) is 4.84 Å². The predicted molar refractivity (Wildman–Crippen MR) is 82.6 cm³/mol. The zero-order valence-electron chi connectivity index (χ0n) is 12.9. The zero-order chi connectivity index (χ0) is 18.0. The summed E-state index contributed by atoms with van der Waals surface area (Å²) in [7, 11) is 0. The van der Waals surface area contributed by atoms with Crippen LogP contribution in [-0.4, -0.2) is 28.3 Å². The second-order valence-corrected chi connectivity index (χ2v) is 5.45. The molecule has 1 aliphatic rings. The Morgan fingerprint density at radius 3 is 2.60 bits per heavy atom. The molecule has 2 aromatic carbocycles. The third kappa shape index (κ3) is 3.49. The normalized spacial score (nSPS) is 20.4. The number of rotatable bonds is 4. The van der Waals surface area contributed by atoms with Crippen molar-refractivity contribution < 1.29 is 28.3 Å². The molecule has 1 amide bonds. The number of amides is 1. The first kappa shape index (κ1) is 17.0. The summed E-state index contributed by atoms with van der Waals surface area (Å²) in [6.45, 7) is 0.0753. The molecule has 0 radical (unpaired) electrons. The van der Waals surface area contributed by atoms with Crippen molar-refractivity contribution >= 4 is 17.6 Å². The smallest absolute Gasteiger partial charge is 0.341 e. The van der Waals surface area contributed by atoms with Crippen molar-refractivity contribution in [2.75, 3.05) is 5.32 Å². The van der Waals surface area contributed by atoms with Crippen molar-refractivity contribution in [1.29, 1.82) is 0 Å². The molecule has 1 fully saturated rings. The quantitative estimate of drug-likeness (QED) is 0.824. The molecule has 2 N–H and O–H groups in total. The summed E-state index contributed by atoms with van der Waals surface area (Å²) in [6.07, 6.45) is -1.55. The lowest BCUT2D eigenvalue weighted by Gasteiger charge is -2.18. The van der Waals surface area contributed by atoms with Gasteiger partial charge < -0.3 is 15.3 Å². The van der Waals surface area contributed by atoms with E-state index in [0.717, 1.165) is 22.8 Å². The molecule has 1 aliphatic heterocycles. The Balaban J connectivity index is 1.72. The lowest BCUT2D eigenvalue weighted by atomic mass is 10.1. The maximum atomic E-state index is 13.6. The van der Waals surface area contributed by atoms with E-state index in [2.05, 4.69) is 5.32 Å². The SMILES string of the molecule is O=C(Nc1cccc(F)c1F)C1C(=O)ON(Cc2ccccc2)C1O. The second-order valence-electron chi connectivity index (χ2n) is 5.45. The van der Waals surface area contributed by atoms with E-state index in [1.165, 1.54) is 6.07 Å². The molecule has 2 aromatic rings. The van der Waals surface area contributed by atoms with E-state index in [9.17, 15) is 23.5 Å². The van der Waals surface area contributed by atoms with Gasteiger partial charge in [0.25, 0.3) is 0 Å². The average molecular weight is 348 g/mol. The highest BCUT2D eigenvalue weighted by atomic mass is 19.2. The van der Waals surface area contributed by atoms with Crippen molar-refractivity contribution in [2.24, 2.45) is 5.92 Å². The monoisotopic (exact) mass is 348 g/mol. The molecule has 2 unspecified atom stereocenters. The Hall–Kier alpha value is -2.84. The van der Waals surface area contributed by atoms with E-state index in [-0.39, 0.29) is 6.54 Å². The molecule has 0 aromatic heterocycles. The van der Waals surface area contributed by atoms with Crippen LogP contribution in [0, 0.1) is 17.6 Å². The molecular weight excluding hydrogens is 334 g/mol. The lowest BCUT2D eigenvalue weighted by molar-refractivity contribution is -0.198. The summed E-state index contributed by atoms with van der Waals surface area (Å²) in [4.78, 5) is 29.0. The van der Waals surface area contributed by atoms with Gasteiger partial charge in [-0.3, -0.25) is 4.79 Å². The van der Waals surface area contributed by atoms with E-state index >= 15 is 0 Å². The van der Waals surface area contributed by atoms with Crippen LogP contribution in [0.2, 0.25) is 0 Å². The number of anilines is 1. The highest BCUT2D eigenvalue weighted by Crippen LogP contribution is 2.25. The Morgan fingerprint density at radius 2 is 1.88 bits per heavy atom. The summed E-state index contributed by atoms with van der Waals surface area (Å²) < 4.78 is 26.8. The van der Waals surface area contributed by atoms with Gasteiger partial charge in [0.2, 0.25) is 5.91 Å². The molecule has 130 valence electrons. The minimum absolute atomic E-state index is 0.0753. The fraction of sp³-hybridized carbons (Fsp3) is 0.176. The molecule has 3 rings (SSSR count). The Kier molecular flexibility index (Phi) is 4.73. The Morgan fingerprint density at radius 1 is 1.16 bits per heavy atom. The number of hydroxylamine groups is 2. The number of hydrogen-bond donors (Lipinski definition) is 2. The van der Waals surface area contributed by atoms with E-state index in [1.807, 2.05) is 0 Å². The number of benzene rings is 2. The molecule has 6 nitrogen and oxygen atoms in total. The highest BCUT2D eigenvalue weighted by molar-refractivity contribution is 6.05. The first-order chi connectivity index (χ1) is 12.0. The molecular formula is C17H14F2N2O4. The second kappa shape index (κ2) is 6.96. The van der Waals surface area contributed by atoms with Gasteiger partial charge in [-0.25, -0.2) is 13.6 Å². The van der Waals surface area contributed by atoms with E-state index in [0.29, 0.717) is 0 Å². The third-order valence-corrected chi connectivity index (χ3v) is 3.73. The van der Waals surface area contributed by atoms with Gasteiger partial charge in [0, 0.05) is 0 Å². The van der Waals surface area contributed by atoms with Gasteiger partial charge in [-0.15, -0.1) is 5.06 Å². The molecule has 0 spiro atoms. The van der Waals surface area contributed by atoms with Crippen molar-refractivity contribution in [3.8, 4) is 0 Å². The number of halogens is 2. The Bertz CT molecular complexity index is 800. The minimum Gasteiger partial charge on any atom is -0.374 e. The van der Waals surface area contributed by atoms with Gasteiger partial charge in [0.05, 0.1) is 12.2 Å². The van der Waals surface area contributed by atoms with Crippen LogP contribution in [0.4, 0.5) is 14.5 Å². The van der Waals surface area contributed by atoms with Gasteiger partial charge in [-0.2, -0.15) is 0 Å². The van der Waals surface area contributed by atoms with Crippen molar-refractivity contribution in [2.45, 2.75) is 12.8 Å². The van der Waals surface area contributed by atoms with Crippen molar-refractivity contribution in [1.82, 2.24) is 5.06 Å². The molecule has 2 atom stereocenters. The van der Waals surface area contributed by atoms with Gasteiger partial charge in [0.1, 0.15) is 0 Å². The van der Waals surface area contributed by atoms with Gasteiger partial charge in [0.15, 0.2) is 23.8 Å². The molecule has 1 saturated heterocycles. The van der Waals surface area contributed by atoms with Gasteiger partial charge in [-0.05, 0) is 17.7 Å².